The Kier molecular flexibility index (Phi) is 2.70. The summed E-state index contributed by atoms with van der Waals surface area (Å²) >= 11 is 0. The molecule has 2 fully saturated rings. The second-order valence-electron chi connectivity index (χ2n) is 4.94. The number of aromatic nitrogens is 1. The first kappa shape index (κ1) is 11.5. The van der Waals surface area contributed by atoms with Crippen molar-refractivity contribution >= 4 is 11.8 Å². The van der Waals surface area contributed by atoms with Crippen LogP contribution in [0.2, 0.25) is 0 Å². The van der Waals surface area contributed by atoms with E-state index in [9.17, 15) is 4.79 Å². The number of carboxylic acid groups (broad SMARTS) is 1. The van der Waals surface area contributed by atoms with E-state index in [-0.39, 0.29) is 5.56 Å². The van der Waals surface area contributed by atoms with Gasteiger partial charge >= 0.3 is 5.97 Å². The van der Waals surface area contributed by atoms with Gasteiger partial charge in [-0.25, -0.2) is 9.78 Å². The zero-order valence-corrected chi connectivity index (χ0v) is 10.3. The molecule has 0 saturated carbocycles. The molecule has 3 rings (SSSR count). The van der Waals surface area contributed by atoms with Crippen molar-refractivity contribution in [1.29, 1.82) is 0 Å². The minimum Gasteiger partial charge on any atom is -0.478 e. The van der Waals surface area contributed by atoms with Crippen molar-refractivity contribution in [2.45, 2.75) is 31.8 Å². The van der Waals surface area contributed by atoms with E-state index in [1.165, 1.54) is 0 Å². The summed E-state index contributed by atoms with van der Waals surface area (Å²) in [5, 5.41) is 9.01. The van der Waals surface area contributed by atoms with Gasteiger partial charge in [0, 0.05) is 0 Å². The van der Waals surface area contributed by atoms with Gasteiger partial charge in [0.15, 0.2) is 0 Å². The summed E-state index contributed by atoms with van der Waals surface area (Å²) in [6, 6.07) is 4.25. The maximum Gasteiger partial charge on any atom is 0.337 e. The Morgan fingerprint density at radius 2 is 2.06 bits per heavy atom. The summed E-state index contributed by atoms with van der Waals surface area (Å²) in [4.78, 5) is 17.7. The van der Waals surface area contributed by atoms with E-state index in [4.69, 9.17) is 9.84 Å². The van der Waals surface area contributed by atoms with Gasteiger partial charge in [-0.3, -0.25) is 0 Å². The molecule has 1 aromatic heterocycles. The third-order valence-electron chi connectivity index (χ3n) is 3.81. The van der Waals surface area contributed by atoms with Crippen molar-refractivity contribution in [3.05, 3.63) is 23.4 Å². The van der Waals surface area contributed by atoms with Gasteiger partial charge in [-0.1, -0.05) is 0 Å². The Bertz CT molecular complexity index is 473. The van der Waals surface area contributed by atoms with Crippen LogP contribution in [0.4, 0.5) is 5.82 Å². The first-order chi connectivity index (χ1) is 8.66. The van der Waals surface area contributed by atoms with Gasteiger partial charge in [0.25, 0.3) is 0 Å². The van der Waals surface area contributed by atoms with E-state index in [1.807, 2.05) is 6.07 Å². The van der Waals surface area contributed by atoms with E-state index in [0.717, 1.165) is 31.9 Å². The lowest BCUT2D eigenvalue weighted by molar-refractivity contribution is 0.0695. The van der Waals surface area contributed by atoms with Crippen LogP contribution in [0.5, 0.6) is 0 Å². The number of nitrogens with zero attached hydrogens (tertiary/aromatic N) is 2. The number of anilines is 1. The number of fused-ring (bicyclic) bond motifs is 2. The molecule has 0 aromatic carbocycles. The third-order valence-corrected chi connectivity index (χ3v) is 3.81. The van der Waals surface area contributed by atoms with E-state index < -0.39 is 5.97 Å². The summed E-state index contributed by atoms with van der Waals surface area (Å²) < 4.78 is 5.54. The van der Waals surface area contributed by atoms with E-state index >= 15 is 0 Å². The lowest BCUT2D eigenvalue weighted by Crippen LogP contribution is -2.46. The van der Waals surface area contributed by atoms with Crippen LogP contribution in [-0.4, -0.2) is 41.4 Å². The number of hydrogen-bond donors (Lipinski definition) is 1. The van der Waals surface area contributed by atoms with Crippen LogP contribution in [0, 0.1) is 6.92 Å². The maximum atomic E-state index is 11.0. The maximum absolute atomic E-state index is 11.0. The number of morpholine rings is 1. The Hall–Kier alpha value is -1.62. The fraction of sp³-hybridized carbons (Fsp3) is 0.538. The van der Waals surface area contributed by atoms with Gasteiger partial charge in [0.2, 0.25) is 0 Å². The number of aromatic carboxylic acids is 1. The van der Waals surface area contributed by atoms with E-state index in [2.05, 4.69) is 9.88 Å². The van der Waals surface area contributed by atoms with Crippen LogP contribution in [0.3, 0.4) is 0 Å². The summed E-state index contributed by atoms with van der Waals surface area (Å²) in [5.41, 5.74) is 0.852. The molecule has 1 aromatic rings. The summed E-state index contributed by atoms with van der Waals surface area (Å²) in [6.45, 7) is 3.24. The molecule has 2 aliphatic heterocycles. The predicted molar refractivity (Wildman–Crippen MR) is 66.0 cm³/mol. The van der Waals surface area contributed by atoms with Gasteiger partial charge in [-0.05, 0) is 31.9 Å². The molecule has 18 heavy (non-hydrogen) atoms. The molecule has 1 N–H and O–H groups in total. The number of pyridine rings is 1. The van der Waals surface area contributed by atoms with Gasteiger partial charge in [0.05, 0.1) is 36.6 Å². The molecule has 0 radical (unpaired) electrons. The first-order valence-corrected chi connectivity index (χ1v) is 6.24. The molecule has 5 heteroatoms. The first-order valence-electron chi connectivity index (χ1n) is 6.24. The van der Waals surface area contributed by atoms with Crippen molar-refractivity contribution in [3.63, 3.8) is 0 Å². The quantitative estimate of drug-likeness (QED) is 0.858. The average molecular weight is 248 g/mol. The van der Waals surface area contributed by atoms with Crippen molar-refractivity contribution in [2.75, 3.05) is 18.1 Å². The number of ether oxygens (including phenoxy) is 1. The third kappa shape index (κ3) is 1.75. The topological polar surface area (TPSA) is 62.7 Å². The second kappa shape index (κ2) is 4.24. The molecular formula is C13H16N2O3. The predicted octanol–water partition coefficient (Wildman–Crippen LogP) is 1.46. The molecule has 2 bridgehead atoms. The highest BCUT2D eigenvalue weighted by Crippen LogP contribution is 2.33. The molecule has 2 aliphatic rings. The lowest BCUT2D eigenvalue weighted by atomic mass is 10.2. The minimum atomic E-state index is -0.920. The van der Waals surface area contributed by atoms with Crippen LogP contribution in [0.15, 0.2) is 12.1 Å². The van der Waals surface area contributed by atoms with E-state index in [1.54, 1.807) is 13.0 Å². The average Bonchev–Trinajstić information content (AvgIpc) is 2.58. The standard InChI is InChI=1S/C13H16N2O3/c1-8-11(13(16)17)4-5-12(14-8)15-9-2-3-10(15)7-18-6-9/h4-5,9-10H,2-3,6-7H2,1H3,(H,16,17). The monoisotopic (exact) mass is 248 g/mol. The SMILES string of the molecule is Cc1nc(N2C3CCC2COC3)ccc1C(=O)O. The normalized spacial score (nSPS) is 26.4. The summed E-state index contributed by atoms with van der Waals surface area (Å²) in [5.74, 6) is -0.0372. The highest BCUT2D eigenvalue weighted by molar-refractivity contribution is 5.89. The van der Waals surface area contributed by atoms with Crippen molar-refractivity contribution in [3.8, 4) is 0 Å². The zero-order chi connectivity index (χ0) is 12.7. The van der Waals surface area contributed by atoms with Crippen molar-refractivity contribution < 1.29 is 14.6 Å². The summed E-state index contributed by atoms with van der Waals surface area (Å²) in [7, 11) is 0. The number of aryl methyl sites for hydroxylation is 1. The lowest BCUT2D eigenvalue weighted by Gasteiger charge is -2.35. The molecule has 0 amide bonds. The number of hydrogen-bond acceptors (Lipinski definition) is 4. The molecular weight excluding hydrogens is 232 g/mol. The highest BCUT2D eigenvalue weighted by Gasteiger charge is 2.38. The molecule has 0 aliphatic carbocycles. The van der Waals surface area contributed by atoms with Gasteiger partial charge < -0.3 is 14.7 Å². The Labute approximate surface area is 105 Å². The highest BCUT2D eigenvalue weighted by atomic mass is 16.5. The molecule has 2 unspecified atom stereocenters. The van der Waals surface area contributed by atoms with Gasteiger partial charge in [0.1, 0.15) is 5.82 Å². The van der Waals surface area contributed by atoms with Crippen LogP contribution in [0.1, 0.15) is 28.9 Å². The molecule has 3 heterocycles. The molecule has 0 spiro atoms. The van der Waals surface area contributed by atoms with Crippen LogP contribution < -0.4 is 4.90 Å². The van der Waals surface area contributed by atoms with Gasteiger partial charge in [-0.15, -0.1) is 0 Å². The Balaban J connectivity index is 1.93. The fourth-order valence-electron chi connectivity index (χ4n) is 2.92. The van der Waals surface area contributed by atoms with Crippen LogP contribution >= 0.6 is 0 Å². The molecule has 96 valence electrons. The Morgan fingerprint density at radius 1 is 1.39 bits per heavy atom. The number of rotatable bonds is 2. The minimum absolute atomic E-state index is 0.277. The number of carbonyl (C=O) groups is 1. The van der Waals surface area contributed by atoms with Gasteiger partial charge in [-0.2, -0.15) is 0 Å². The van der Waals surface area contributed by atoms with E-state index in [0.29, 0.717) is 17.8 Å². The molecule has 5 nitrogen and oxygen atoms in total. The fourth-order valence-corrected chi connectivity index (χ4v) is 2.92. The second-order valence-corrected chi connectivity index (χ2v) is 4.94. The summed E-state index contributed by atoms with van der Waals surface area (Å²) in [6.07, 6.45) is 2.26. The van der Waals surface area contributed by atoms with Crippen LogP contribution in [-0.2, 0) is 4.74 Å². The zero-order valence-electron chi connectivity index (χ0n) is 10.3. The smallest absolute Gasteiger partial charge is 0.337 e. The largest absolute Gasteiger partial charge is 0.478 e. The molecule has 2 saturated heterocycles. The Morgan fingerprint density at radius 3 is 2.61 bits per heavy atom. The van der Waals surface area contributed by atoms with Crippen molar-refractivity contribution in [1.82, 2.24) is 4.98 Å². The van der Waals surface area contributed by atoms with Crippen LogP contribution in [0.25, 0.3) is 0 Å². The number of carboxylic acids is 1. The molecule has 2 atom stereocenters. The van der Waals surface area contributed by atoms with Crippen molar-refractivity contribution in [2.24, 2.45) is 0 Å².